The highest BCUT2D eigenvalue weighted by Gasteiger charge is 2.23. The molecule has 0 aliphatic heterocycles. The summed E-state index contributed by atoms with van der Waals surface area (Å²) in [5.74, 6) is 2.02. The van der Waals surface area contributed by atoms with Crippen LogP contribution in [0.5, 0.6) is 0 Å². The molecule has 16 heavy (non-hydrogen) atoms. The predicted octanol–water partition coefficient (Wildman–Crippen LogP) is 2.10. The monoisotopic (exact) mass is 214 g/mol. The Labute approximate surface area is 93.9 Å². The van der Waals surface area contributed by atoms with Gasteiger partial charge in [0.1, 0.15) is 11.6 Å². The molecule has 0 spiro atoms. The van der Waals surface area contributed by atoms with Crippen LogP contribution in [0.25, 0.3) is 11.4 Å². The summed E-state index contributed by atoms with van der Waals surface area (Å²) in [6.45, 7) is 2.22. The van der Waals surface area contributed by atoms with Crippen LogP contribution in [-0.2, 0) is 6.42 Å². The number of aromatic nitrogens is 3. The molecule has 0 amide bonds. The molecule has 2 aromatic heterocycles. The largest absolute Gasteiger partial charge is 0.384 e. The van der Waals surface area contributed by atoms with E-state index in [1.165, 1.54) is 17.8 Å². The number of fused-ring (bicyclic) bond motifs is 1. The summed E-state index contributed by atoms with van der Waals surface area (Å²) in [7, 11) is 0. The van der Waals surface area contributed by atoms with E-state index in [4.69, 9.17) is 5.73 Å². The van der Waals surface area contributed by atoms with Crippen molar-refractivity contribution in [2.75, 3.05) is 5.73 Å². The topological polar surface area (TPSA) is 67.6 Å². The Balaban J connectivity index is 2.02. The van der Waals surface area contributed by atoms with E-state index in [9.17, 15) is 0 Å². The quantitative estimate of drug-likeness (QED) is 0.763. The van der Waals surface area contributed by atoms with Crippen molar-refractivity contribution < 1.29 is 0 Å². The van der Waals surface area contributed by atoms with Gasteiger partial charge in [-0.3, -0.25) is 0 Å². The standard InChI is InChI=1S/C12H14N4/c1-7-2-4-9-11(7)16-12(15-9)8-3-5-10(13)14-6-8/h3,5-7H,2,4H2,1H3,(H2,13,14)(H,15,16). The molecule has 0 saturated carbocycles. The zero-order chi connectivity index (χ0) is 11.1. The molecule has 1 atom stereocenters. The maximum Gasteiger partial charge on any atom is 0.139 e. The van der Waals surface area contributed by atoms with Crippen molar-refractivity contribution in [3.05, 3.63) is 29.7 Å². The number of aromatic amines is 1. The highest BCUT2D eigenvalue weighted by molar-refractivity contribution is 5.57. The zero-order valence-corrected chi connectivity index (χ0v) is 9.20. The van der Waals surface area contributed by atoms with Gasteiger partial charge >= 0.3 is 0 Å². The van der Waals surface area contributed by atoms with Crippen LogP contribution in [0.2, 0.25) is 0 Å². The van der Waals surface area contributed by atoms with Crippen LogP contribution >= 0.6 is 0 Å². The lowest BCUT2D eigenvalue weighted by Gasteiger charge is -1.99. The van der Waals surface area contributed by atoms with Gasteiger partial charge < -0.3 is 10.7 Å². The highest BCUT2D eigenvalue weighted by Crippen LogP contribution is 2.32. The van der Waals surface area contributed by atoms with Gasteiger partial charge in [-0.05, 0) is 25.0 Å². The highest BCUT2D eigenvalue weighted by atomic mass is 15.0. The Kier molecular flexibility index (Phi) is 1.96. The van der Waals surface area contributed by atoms with E-state index in [0.29, 0.717) is 11.7 Å². The van der Waals surface area contributed by atoms with Gasteiger partial charge in [-0.1, -0.05) is 6.92 Å². The summed E-state index contributed by atoms with van der Waals surface area (Å²) in [6, 6.07) is 3.74. The average molecular weight is 214 g/mol. The Morgan fingerprint density at radius 3 is 3.00 bits per heavy atom. The van der Waals surface area contributed by atoms with Crippen molar-refractivity contribution in [3.8, 4) is 11.4 Å². The van der Waals surface area contributed by atoms with Gasteiger partial charge in [0, 0.05) is 23.4 Å². The molecule has 0 aromatic carbocycles. The third-order valence-corrected chi connectivity index (χ3v) is 3.16. The van der Waals surface area contributed by atoms with E-state index < -0.39 is 0 Å². The van der Waals surface area contributed by atoms with Gasteiger partial charge in [0.05, 0.1) is 5.69 Å². The van der Waals surface area contributed by atoms with E-state index in [1.807, 2.05) is 6.07 Å². The average Bonchev–Trinajstić information content (AvgIpc) is 2.83. The van der Waals surface area contributed by atoms with Gasteiger partial charge in [0.2, 0.25) is 0 Å². The van der Waals surface area contributed by atoms with Gasteiger partial charge in [0.15, 0.2) is 0 Å². The number of pyridine rings is 1. The minimum Gasteiger partial charge on any atom is -0.384 e. The number of nitrogens with two attached hydrogens (primary N) is 1. The fraction of sp³-hybridized carbons (Fsp3) is 0.333. The molecule has 3 N–H and O–H groups in total. The van der Waals surface area contributed by atoms with Crippen LogP contribution in [0.1, 0.15) is 30.7 Å². The normalized spacial score (nSPS) is 18.7. The first-order valence-electron chi connectivity index (χ1n) is 5.54. The molecule has 4 heteroatoms. The minimum absolute atomic E-state index is 0.538. The number of nitrogen functional groups attached to an aromatic ring is 1. The van der Waals surface area contributed by atoms with Crippen molar-refractivity contribution in [1.82, 2.24) is 15.0 Å². The molecule has 2 aromatic rings. The molecule has 2 heterocycles. The molecule has 0 fully saturated rings. The van der Waals surface area contributed by atoms with Crippen molar-refractivity contribution in [2.24, 2.45) is 0 Å². The van der Waals surface area contributed by atoms with Crippen LogP contribution in [0.15, 0.2) is 18.3 Å². The molecule has 0 saturated heterocycles. The van der Waals surface area contributed by atoms with Crippen molar-refractivity contribution in [2.45, 2.75) is 25.7 Å². The lowest BCUT2D eigenvalue weighted by molar-refractivity contribution is 0.726. The zero-order valence-electron chi connectivity index (χ0n) is 9.20. The maximum atomic E-state index is 5.56. The second-order valence-corrected chi connectivity index (χ2v) is 4.36. The fourth-order valence-electron chi connectivity index (χ4n) is 2.20. The number of aryl methyl sites for hydroxylation is 1. The first kappa shape index (κ1) is 9.39. The van der Waals surface area contributed by atoms with Crippen LogP contribution in [-0.4, -0.2) is 15.0 Å². The number of anilines is 1. The third kappa shape index (κ3) is 1.38. The summed E-state index contributed by atoms with van der Waals surface area (Å²) < 4.78 is 0. The molecule has 0 radical (unpaired) electrons. The number of nitrogens with zero attached hydrogens (tertiary/aromatic N) is 2. The van der Waals surface area contributed by atoms with Crippen LogP contribution < -0.4 is 5.73 Å². The lowest BCUT2D eigenvalue weighted by Crippen LogP contribution is -1.91. The number of rotatable bonds is 1. The molecule has 4 nitrogen and oxygen atoms in total. The lowest BCUT2D eigenvalue weighted by atomic mass is 10.1. The van der Waals surface area contributed by atoms with E-state index in [-0.39, 0.29) is 0 Å². The van der Waals surface area contributed by atoms with Crippen molar-refractivity contribution in [1.29, 1.82) is 0 Å². The van der Waals surface area contributed by atoms with Crippen molar-refractivity contribution in [3.63, 3.8) is 0 Å². The molecule has 1 aliphatic rings. The molecular weight excluding hydrogens is 200 g/mol. The number of H-pyrrole nitrogens is 1. The smallest absolute Gasteiger partial charge is 0.139 e. The van der Waals surface area contributed by atoms with Crippen LogP contribution in [0.4, 0.5) is 5.82 Å². The van der Waals surface area contributed by atoms with E-state index in [0.717, 1.165) is 17.8 Å². The van der Waals surface area contributed by atoms with Crippen molar-refractivity contribution >= 4 is 5.82 Å². The van der Waals surface area contributed by atoms with Gasteiger partial charge in [-0.15, -0.1) is 0 Å². The minimum atomic E-state index is 0.538. The second-order valence-electron chi connectivity index (χ2n) is 4.36. The van der Waals surface area contributed by atoms with Gasteiger partial charge in [-0.25, -0.2) is 9.97 Å². The maximum absolute atomic E-state index is 5.56. The van der Waals surface area contributed by atoms with E-state index in [1.54, 1.807) is 12.3 Å². The Hall–Kier alpha value is -1.84. The van der Waals surface area contributed by atoms with E-state index >= 15 is 0 Å². The summed E-state index contributed by atoms with van der Waals surface area (Å²) in [4.78, 5) is 12.1. The van der Waals surface area contributed by atoms with Crippen LogP contribution in [0.3, 0.4) is 0 Å². The SMILES string of the molecule is CC1CCc2[nH]c(-c3ccc(N)nc3)nc21. The predicted molar refractivity (Wildman–Crippen MR) is 63.0 cm³/mol. The molecular formula is C12H14N4. The van der Waals surface area contributed by atoms with Gasteiger partial charge in [0.25, 0.3) is 0 Å². The first-order valence-corrected chi connectivity index (χ1v) is 5.54. The molecule has 0 bridgehead atoms. The first-order chi connectivity index (χ1) is 7.74. The van der Waals surface area contributed by atoms with Gasteiger partial charge in [-0.2, -0.15) is 0 Å². The Bertz CT molecular complexity index is 512. The summed E-state index contributed by atoms with van der Waals surface area (Å²) in [6.07, 6.45) is 4.06. The Morgan fingerprint density at radius 2 is 2.31 bits per heavy atom. The molecule has 1 unspecified atom stereocenters. The number of hydrogen-bond donors (Lipinski definition) is 2. The molecule has 82 valence electrons. The van der Waals surface area contributed by atoms with E-state index in [2.05, 4.69) is 21.9 Å². The summed E-state index contributed by atoms with van der Waals surface area (Å²) >= 11 is 0. The number of hydrogen-bond acceptors (Lipinski definition) is 3. The summed E-state index contributed by atoms with van der Waals surface area (Å²) in [5.41, 5.74) is 9.05. The Morgan fingerprint density at radius 1 is 1.44 bits per heavy atom. The second kappa shape index (κ2) is 3.33. The van der Waals surface area contributed by atoms with Crippen LogP contribution in [0, 0.1) is 0 Å². The number of imidazole rings is 1. The molecule has 1 aliphatic carbocycles. The third-order valence-electron chi connectivity index (χ3n) is 3.16. The molecule has 3 rings (SSSR count). The fourth-order valence-corrected chi connectivity index (χ4v) is 2.20. The number of nitrogens with one attached hydrogen (secondary N) is 1. The summed E-state index contributed by atoms with van der Waals surface area (Å²) in [5, 5.41) is 0.